The molecular weight excluding hydrogens is 292 g/mol. The molecule has 118 valence electrons. The van der Waals surface area contributed by atoms with Gasteiger partial charge in [-0.05, 0) is 44.4 Å². The van der Waals surface area contributed by atoms with Crippen molar-refractivity contribution in [1.82, 2.24) is 15.0 Å². The van der Waals surface area contributed by atoms with Crippen LogP contribution in [0.4, 0.5) is 5.95 Å². The highest BCUT2D eigenvalue weighted by molar-refractivity contribution is 5.90. The van der Waals surface area contributed by atoms with Crippen LogP contribution < -0.4 is 10.5 Å². The van der Waals surface area contributed by atoms with Crippen LogP contribution in [0.2, 0.25) is 0 Å². The summed E-state index contributed by atoms with van der Waals surface area (Å²) < 4.78 is 5.43. The second-order valence-corrected chi connectivity index (χ2v) is 5.96. The summed E-state index contributed by atoms with van der Waals surface area (Å²) >= 11 is 0. The number of rotatable bonds is 2. The van der Waals surface area contributed by atoms with Gasteiger partial charge >= 0.3 is 0 Å². The number of piperidine rings is 1. The fourth-order valence-corrected chi connectivity index (χ4v) is 3.24. The Morgan fingerprint density at radius 3 is 3.04 bits per heavy atom. The zero-order valence-corrected chi connectivity index (χ0v) is 13.0. The van der Waals surface area contributed by atoms with Crippen LogP contribution in [0.1, 0.15) is 26.2 Å². The topological polar surface area (TPSA) is 75.0 Å². The van der Waals surface area contributed by atoms with Crippen LogP contribution in [0.25, 0.3) is 22.4 Å². The number of aromatic nitrogens is 3. The Labute approximate surface area is 133 Å². The van der Waals surface area contributed by atoms with Gasteiger partial charge in [0.2, 0.25) is 5.95 Å². The molecule has 0 saturated carbocycles. The van der Waals surface area contributed by atoms with Crippen molar-refractivity contribution in [3.8, 4) is 11.3 Å². The highest BCUT2D eigenvalue weighted by Gasteiger charge is 2.22. The number of nitrogens with zero attached hydrogens (tertiary/aromatic N) is 3. The van der Waals surface area contributed by atoms with Gasteiger partial charge in [0.15, 0.2) is 5.65 Å². The molecule has 0 spiro atoms. The maximum absolute atomic E-state index is 12.7. The van der Waals surface area contributed by atoms with Gasteiger partial charge in [0.05, 0.1) is 11.6 Å². The number of hydrogen-bond donors (Lipinski definition) is 1. The first-order chi connectivity index (χ1) is 11.2. The quantitative estimate of drug-likeness (QED) is 0.787. The summed E-state index contributed by atoms with van der Waals surface area (Å²) in [5.41, 5.74) is 0.990. The fourth-order valence-electron chi connectivity index (χ4n) is 3.24. The minimum atomic E-state index is -0.178. The van der Waals surface area contributed by atoms with Gasteiger partial charge in [-0.2, -0.15) is 4.98 Å². The van der Waals surface area contributed by atoms with Crippen LogP contribution in [-0.2, 0) is 0 Å². The van der Waals surface area contributed by atoms with E-state index in [4.69, 9.17) is 4.42 Å². The lowest BCUT2D eigenvalue weighted by molar-refractivity contribution is 0.477. The Balaban J connectivity index is 1.88. The average Bonchev–Trinajstić information content (AvgIpc) is 3.09. The van der Waals surface area contributed by atoms with Crippen LogP contribution >= 0.6 is 0 Å². The first-order valence-corrected chi connectivity index (χ1v) is 7.93. The molecule has 1 atom stereocenters. The van der Waals surface area contributed by atoms with Crippen LogP contribution in [0.5, 0.6) is 0 Å². The molecule has 3 aromatic rings. The first kappa shape index (κ1) is 14.0. The highest BCUT2D eigenvalue weighted by Crippen LogP contribution is 2.26. The molecule has 6 heteroatoms. The number of anilines is 1. The Hall–Kier alpha value is -2.63. The van der Waals surface area contributed by atoms with E-state index in [0.29, 0.717) is 34.3 Å². The largest absolute Gasteiger partial charge is 0.464 e. The number of furan rings is 1. The maximum atomic E-state index is 12.7. The number of H-pyrrole nitrogens is 1. The molecule has 4 rings (SSSR count). The van der Waals surface area contributed by atoms with E-state index in [9.17, 15) is 4.79 Å². The molecular formula is C17H18N4O2. The molecule has 0 bridgehead atoms. The van der Waals surface area contributed by atoms with Gasteiger partial charge in [0, 0.05) is 24.3 Å². The molecule has 6 nitrogen and oxygen atoms in total. The summed E-state index contributed by atoms with van der Waals surface area (Å²) in [5, 5.41) is 0.468. The smallest absolute Gasteiger partial charge is 0.262 e. The van der Waals surface area contributed by atoms with Crippen molar-refractivity contribution < 1.29 is 4.42 Å². The van der Waals surface area contributed by atoms with E-state index in [1.54, 1.807) is 24.6 Å². The predicted molar refractivity (Wildman–Crippen MR) is 88.5 cm³/mol. The summed E-state index contributed by atoms with van der Waals surface area (Å²) in [6.45, 7) is 3.07. The Bertz CT molecular complexity index is 885. The lowest BCUT2D eigenvalue weighted by atomic mass is 10.0. The normalized spacial score (nSPS) is 18.5. The van der Waals surface area contributed by atoms with Crippen molar-refractivity contribution in [2.24, 2.45) is 0 Å². The third-order valence-electron chi connectivity index (χ3n) is 4.46. The molecule has 0 amide bonds. The Morgan fingerprint density at radius 2 is 2.26 bits per heavy atom. The first-order valence-electron chi connectivity index (χ1n) is 7.93. The van der Waals surface area contributed by atoms with Crippen LogP contribution in [-0.4, -0.2) is 27.5 Å². The van der Waals surface area contributed by atoms with Gasteiger partial charge in [-0.1, -0.05) is 0 Å². The summed E-state index contributed by atoms with van der Waals surface area (Å²) in [4.78, 5) is 26.6. The summed E-state index contributed by atoms with van der Waals surface area (Å²) in [5.74, 6) is 1.25. The SMILES string of the molecule is CC1CCCCN1c1nc2nccc(-c3ccco3)c2c(=O)[nH]1. The van der Waals surface area contributed by atoms with E-state index < -0.39 is 0 Å². The van der Waals surface area contributed by atoms with E-state index in [1.807, 2.05) is 6.07 Å². The van der Waals surface area contributed by atoms with Gasteiger partial charge in [0.25, 0.3) is 5.56 Å². The summed E-state index contributed by atoms with van der Waals surface area (Å²) in [6.07, 6.45) is 6.70. The third-order valence-corrected chi connectivity index (χ3v) is 4.46. The summed E-state index contributed by atoms with van der Waals surface area (Å²) in [7, 11) is 0. The average molecular weight is 310 g/mol. The Morgan fingerprint density at radius 1 is 1.35 bits per heavy atom. The molecule has 3 aromatic heterocycles. The number of fused-ring (bicyclic) bond motifs is 1. The van der Waals surface area contributed by atoms with Crippen molar-refractivity contribution in [2.45, 2.75) is 32.2 Å². The molecule has 1 fully saturated rings. The fraction of sp³-hybridized carbons (Fsp3) is 0.353. The zero-order valence-electron chi connectivity index (χ0n) is 13.0. The number of nitrogens with one attached hydrogen (secondary N) is 1. The van der Waals surface area contributed by atoms with Crippen molar-refractivity contribution in [1.29, 1.82) is 0 Å². The molecule has 1 aliphatic heterocycles. The molecule has 1 aliphatic rings. The van der Waals surface area contributed by atoms with Crippen LogP contribution in [0, 0.1) is 0 Å². The second kappa shape index (κ2) is 5.53. The molecule has 1 N–H and O–H groups in total. The van der Waals surface area contributed by atoms with Gasteiger partial charge in [-0.15, -0.1) is 0 Å². The number of pyridine rings is 1. The minimum absolute atomic E-state index is 0.178. The van der Waals surface area contributed by atoms with Gasteiger partial charge in [0.1, 0.15) is 5.76 Å². The molecule has 0 aliphatic carbocycles. The van der Waals surface area contributed by atoms with Crippen molar-refractivity contribution >= 4 is 17.0 Å². The molecule has 1 unspecified atom stereocenters. The van der Waals surface area contributed by atoms with Crippen molar-refractivity contribution in [3.63, 3.8) is 0 Å². The van der Waals surface area contributed by atoms with E-state index in [1.165, 1.54) is 6.42 Å². The second-order valence-electron chi connectivity index (χ2n) is 5.96. The molecule has 23 heavy (non-hydrogen) atoms. The number of hydrogen-bond acceptors (Lipinski definition) is 5. The molecule has 4 heterocycles. The lowest BCUT2D eigenvalue weighted by Crippen LogP contribution is -2.39. The summed E-state index contributed by atoms with van der Waals surface area (Å²) in [6, 6.07) is 5.78. The predicted octanol–water partition coefficient (Wildman–Crippen LogP) is 2.96. The molecule has 0 aromatic carbocycles. The minimum Gasteiger partial charge on any atom is -0.464 e. The van der Waals surface area contributed by atoms with E-state index in [0.717, 1.165) is 19.4 Å². The highest BCUT2D eigenvalue weighted by atomic mass is 16.3. The van der Waals surface area contributed by atoms with Crippen molar-refractivity contribution in [3.05, 3.63) is 41.0 Å². The van der Waals surface area contributed by atoms with Gasteiger partial charge in [-0.25, -0.2) is 4.98 Å². The van der Waals surface area contributed by atoms with Crippen LogP contribution in [0.15, 0.2) is 39.9 Å². The van der Waals surface area contributed by atoms with Crippen LogP contribution in [0.3, 0.4) is 0 Å². The maximum Gasteiger partial charge on any atom is 0.262 e. The van der Waals surface area contributed by atoms with Gasteiger partial charge in [-0.3, -0.25) is 9.78 Å². The Kier molecular flexibility index (Phi) is 3.37. The molecule has 1 saturated heterocycles. The van der Waals surface area contributed by atoms with Gasteiger partial charge < -0.3 is 9.32 Å². The zero-order chi connectivity index (χ0) is 15.8. The lowest BCUT2D eigenvalue weighted by Gasteiger charge is -2.33. The van der Waals surface area contributed by atoms with E-state index >= 15 is 0 Å². The molecule has 0 radical (unpaired) electrons. The van der Waals surface area contributed by atoms with E-state index in [-0.39, 0.29) is 5.56 Å². The number of aromatic amines is 1. The van der Waals surface area contributed by atoms with E-state index in [2.05, 4.69) is 26.8 Å². The van der Waals surface area contributed by atoms with Crippen molar-refractivity contribution in [2.75, 3.05) is 11.4 Å². The standard InChI is InChI=1S/C17H18N4O2/c1-11-5-2-3-9-21(11)17-19-15-14(16(22)20-17)12(7-8-18-15)13-6-4-10-23-13/h4,6-8,10-11H,2-3,5,9H2,1H3,(H,18,19,20,22). The monoisotopic (exact) mass is 310 g/mol. The third kappa shape index (κ3) is 2.40.